The van der Waals surface area contributed by atoms with Crippen molar-refractivity contribution in [3.63, 3.8) is 0 Å². The molecule has 0 aromatic heterocycles. The molecule has 0 spiro atoms. The Morgan fingerprint density at radius 2 is 1.90 bits per heavy atom. The minimum Gasteiger partial charge on any atom is -0.304 e. The standard InChI is InChI=1S/C15H25N3O2/c1-17(11-6-7-11)9-8-16-13-10-14(19)18(15(13)20)12-4-2-3-5-12/h11-13,16H,2-10H2,1H3. The molecule has 1 unspecified atom stereocenters. The Labute approximate surface area is 120 Å². The zero-order valence-corrected chi connectivity index (χ0v) is 12.3. The Morgan fingerprint density at radius 3 is 2.55 bits per heavy atom. The smallest absolute Gasteiger partial charge is 0.247 e. The Bertz CT molecular complexity index is 389. The maximum Gasteiger partial charge on any atom is 0.247 e. The Kier molecular flexibility index (Phi) is 4.08. The monoisotopic (exact) mass is 279 g/mol. The number of rotatable bonds is 6. The van der Waals surface area contributed by atoms with Gasteiger partial charge in [-0.15, -0.1) is 0 Å². The highest BCUT2D eigenvalue weighted by atomic mass is 16.2. The Hall–Kier alpha value is -0.940. The third kappa shape index (κ3) is 2.88. The summed E-state index contributed by atoms with van der Waals surface area (Å²) in [5, 5.41) is 3.28. The predicted molar refractivity (Wildman–Crippen MR) is 76.2 cm³/mol. The van der Waals surface area contributed by atoms with Crippen LogP contribution in [0.3, 0.4) is 0 Å². The molecule has 1 N–H and O–H groups in total. The molecular formula is C15H25N3O2. The van der Waals surface area contributed by atoms with Crippen molar-refractivity contribution < 1.29 is 9.59 Å². The van der Waals surface area contributed by atoms with Crippen LogP contribution in [0.2, 0.25) is 0 Å². The first-order valence-electron chi connectivity index (χ1n) is 7.96. The summed E-state index contributed by atoms with van der Waals surface area (Å²) in [6.45, 7) is 1.74. The minimum atomic E-state index is -0.282. The van der Waals surface area contributed by atoms with Gasteiger partial charge in [0.05, 0.1) is 12.5 Å². The third-order valence-corrected chi connectivity index (χ3v) is 4.90. The summed E-state index contributed by atoms with van der Waals surface area (Å²) < 4.78 is 0. The van der Waals surface area contributed by atoms with Crippen molar-refractivity contribution in [2.24, 2.45) is 0 Å². The second kappa shape index (κ2) is 5.82. The van der Waals surface area contributed by atoms with Crippen LogP contribution in [0.1, 0.15) is 44.9 Å². The summed E-state index contributed by atoms with van der Waals surface area (Å²) in [6.07, 6.45) is 7.23. The number of hydrogen-bond acceptors (Lipinski definition) is 4. The van der Waals surface area contributed by atoms with Gasteiger partial charge in [0, 0.05) is 25.2 Å². The van der Waals surface area contributed by atoms with Crippen molar-refractivity contribution >= 4 is 11.8 Å². The SMILES string of the molecule is CN(CCNC1CC(=O)N(C2CCCC2)C1=O)C1CC1. The minimum absolute atomic E-state index is 0.0102. The molecule has 5 heteroatoms. The fourth-order valence-corrected chi connectivity index (χ4v) is 3.47. The average Bonchev–Trinajstić information content (AvgIpc) is 3.07. The lowest BCUT2D eigenvalue weighted by Gasteiger charge is -2.22. The van der Waals surface area contributed by atoms with E-state index in [1.807, 2.05) is 0 Å². The second-order valence-corrected chi connectivity index (χ2v) is 6.46. The molecule has 2 aliphatic carbocycles. The molecule has 1 heterocycles. The van der Waals surface area contributed by atoms with E-state index in [4.69, 9.17) is 0 Å². The molecule has 1 atom stereocenters. The lowest BCUT2D eigenvalue weighted by molar-refractivity contribution is -0.141. The second-order valence-electron chi connectivity index (χ2n) is 6.46. The van der Waals surface area contributed by atoms with E-state index in [0.717, 1.165) is 44.8 Å². The summed E-state index contributed by atoms with van der Waals surface area (Å²) in [5.74, 6) is 0.0333. The Balaban J connectivity index is 1.47. The van der Waals surface area contributed by atoms with Crippen molar-refractivity contribution in [1.82, 2.24) is 15.1 Å². The predicted octanol–water partition coefficient (Wildman–Crippen LogP) is 0.740. The summed E-state index contributed by atoms with van der Waals surface area (Å²) in [7, 11) is 2.13. The van der Waals surface area contributed by atoms with Gasteiger partial charge in [0.2, 0.25) is 11.8 Å². The highest BCUT2D eigenvalue weighted by Gasteiger charge is 2.42. The first kappa shape index (κ1) is 14.0. The number of likely N-dealkylation sites (N-methyl/N-ethyl adjacent to an activating group) is 1. The van der Waals surface area contributed by atoms with Crippen LogP contribution in [0.4, 0.5) is 0 Å². The molecule has 2 saturated carbocycles. The van der Waals surface area contributed by atoms with Gasteiger partial charge in [-0.3, -0.25) is 14.5 Å². The molecule has 0 aromatic carbocycles. The third-order valence-electron chi connectivity index (χ3n) is 4.90. The van der Waals surface area contributed by atoms with Crippen LogP contribution in [-0.4, -0.2) is 59.9 Å². The molecular weight excluding hydrogens is 254 g/mol. The molecule has 3 fully saturated rings. The van der Waals surface area contributed by atoms with Gasteiger partial charge in [-0.2, -0.15) is 0 Å². The number of carbonyl (C=O) groups excluding carboxylic acids is 2. The van der Waals surface area contributed by atoms with Gasteiger partial charge in [-0.25, -0.2) is 0 Å². The lowest BCUT2D eigenvalue weighted by Crippen LogP contribution is -2.44. The first-order valence-corrected chi connectivity index (χ1v) is 7.96. The average molecular weight is 279 g/mol. The van der Waals surface area contributed by atoms with Crippen LogP contribution in [0, 0.1) is 0 Å². The topological polar surface area (TPSA) is 52.7 Å². The van der Waals surface area contributed by atoms with Gasteiger partial charge >= 0.3 is 0 Å². The van der Waals surface area contributed by atoms with E-state index in [1.54, 1.807) is 4.90 Å². The number of imide groups is 1. The van der Waals surface area contributed by atoms with Gasteiger partial charge in [0.15, 0.2) is 0 Å². The van der Waals surface area contributed by atoms with E-state index in [2.05, 4.69) is 17.3 Å². The van der Waals surface area contributed by atoms with Gasteiger partial charge < -0.3 is 10.2 Å². The maximum atomic E-state index is 12.4. The van der Waals surface area contributed by atoms with E-state index >= 15 is 0 Å². The fraction of sp³-hybridized carbons (Fsp3) is 0.867. The number of nitrogens with one attached hydrogen (secondary N) is 1. The van der Waals surface area contributed by atoms with Crippen molar-refractivity contribution in [2.75, 3.05) is 20.1 Å². The van der Waals surface area contributed by atoms with E-state index in [1.165, 1.54) is 12.8 Å². The van der Waals surface area contributed by atoms with Gasteiger partial charge in [0.25, 0.3) is 0 Å². The largest absolute Gasteiger partial charge is 0.304 e. The normalized spacial score (nSPS) is 28.1. The Morgan fingerprint density at radius 1 is 1.20 bits per heavy atom. The highest BCUT2D eigenvalue weighted by molar-refractivity contribution is 6.05. The molecule has 1 aliphatic heterocycles. The van der Waals surface area contributed by atoms with Crippen molar-refractivity contribution in [1.29, 1.82) is 0 Å². The van der Waals surface area contributed by atoms with Gasteiger partial charge in [0.1, 0.15) is 0 Å². The zero-order valence-electron chi connectivity index (χ0n) is 12.3. The van der Waals surface area contributed by atoms with Crippen molar-refractivity contribution in [3.05, 3.63) is 0 Å². The van der Waals surface area contributed by atoms with E-state index in [-0.39, 0.29) is 23.9 Å². The molecule has 0 aromatic rings. The molecule has 2 amide bonds. The van der Waals surface area contributed by atoms with E-state index in [9.17, 15) is 9.59 Å². The number of nitrogens with zero attached hydrogens (tertiary/aromatic N) is 2. The van der Waals surface area contributed by atoms with Crippen molar-refractivity contribution in [3.8, 4) is 0 Å². The molecule has 1 saturated heterocycles. The van der Waals surface area contributed by atoms with Crippen LogP contribution in [-0.2, 0) is 9.59 Å². The summed E-state index contributed by atoms with van der Waals surface area (Å²) >= 11 is 0. The fourth-order valence-electron chi connectivity index (χ4n) is 3.47. The lowest BCUT2D eigenvalue weighted by atomic mass is 10.2. The molecule has 3 rings (SSSR count). The molecule has 112 valence electrons. The van der Waals surface area contributed by atoms with Crippen LogP contribution in [0.25, 0.3) is 0 Å². The van der Waals surface area contributed by atoms with Crippen LogP contribution >= 0.6 is 0 Å². The van der Waals surface area contributed by atoms with Crippen molar-refractivity contribution in [2.45, 2.75) is 63.1 Å². The first-order chi connectivity index (χ1) is 9.66. The number of amides is 2. The molecule has 0 radical (unpaired) electrons. The zero-order chi connectivity index (χ0) is 14.1. The van der Waals surface area contributed by atoms with E-state index in [0.29, 0.717) is 6.42 Å². The maximum absolute atomic E-state index is 12.4. The van der Waals surface area contributed by atoms with Crippen LogP contribution in [0.5, 0.6) is 0 Å². The summed E-state index contributed by atoms with van der Waals surface area (Å²) in [6, 6.07) is 0.638. The highest BCUT2D eigenvalue weighted by Crippen LogP contribution is 2.28. The quantitative estimate of drug-likeness (QED) is 0.729. The molecule has 5 nitrogen and oxygen atoms in total. The number of likely N-dealkylation sites (tertiary alicyclic amines) is 1. The van der Waals surface area contributed by atoms with E-state index < -0.39 is 0 Å². The molecule has 20 heavy (non-hydrogen) atoms. The van der Waals surface area contributed by atoms with Gasteiger partial charge in [-0.1, -0.05) is 12.8 Å². The summed E-state index contributed by atoms with van der Waals surface area (Å²) in [5.41, 5.74) is 0. The number of carbonyl (C=O) groups is 2. The van der Waals surface area contributed by atoms with Crippen LogP contribution in [0.15, 0.2) is 0 Å². The van der Waals surface area contributed by atoms with Gasteiger partial charge in [-0.05, 0) is 32.7 Å². The number of hydrogen-bond donors (Lipinski definition) is 1. The van der Waals surface area contributed by atoms with Crippen LogP contribution < -0.4 is 5.32 Å². The molecule has 0 bridgehead atoms. The molecule has 3 aliphatic rings. The summed E-state index contributed by atoms with van der Waals surface area (Å²) in [4.78, 5) is 28.3.